The summed E-state index contributed by atoms with van der Waals surface area (Å²) < 4.78 is 26.8. The van der Waals surface area contributed by atoms with Crippen LogP contribution in [0.1, 0.15) is 22.9 Å². The number of amides is 1. The lowest BCUT2D eigenvalue weighted by atomic mass is 9.95. The highest BCUT2D eigenvalue weighted by Crippen LogP contribution is 2.40. The van der Waals surface area contributed by atoms with E-state index in [1.807, 2.05) is 0 Å². The second-order valence-electron chi connectivity index (χ2n) is 6.81. The van der Waals surface area contributed by atoms with Crippen molar-refractivity contribution in [2.24, 2.45) is 0 Å². The number of ketones is 1. The third-order valence-corrected chi connectivity index (χ3v) is 4.90. The summed E-state index contributed by atoms with van der Waals surface area (Å²) in [5, 5.41) is 10.8. The van der Waals surface area contributed by atoms with Gasteiger partial charge in [0.05, 0.1) is 23.9 Å². The van der Waals surface area contributed by atoms with Gasteiger partial charge in [-0.3, -0.25) is 14.6 Å². The zero-order valence-electron chi connectivity index (χ0n) is 15.6. The number of carbonyl (C=O) groups excluding carboxylic acids is 2. The third-order valence-electron chi connectivity index (χ3n) is 4.90. The number of halogens is 2. The van der Waals surface area contributed by atoms with Crippen LogP contribution in [0.4, 0.5) is 8.78 Å². The first-order valence-corrected chi connectivity index (χ1v) is 9.15. The van der Waals surface area contributed by atoms with Crippen LogP contribution >= 0.6 is 0 Å². The van der Waals surface area contributed by atoms with Crippen molar-refractivity contribution in [3.63, 3.8) is 0 Å². The summed E-state index contributed by atoms with van der Waals surface area (Å²) in [6.45, 7) is 0.0215. The van der Waals surface area contributed by atoms with Crippen LogP contribution in [-0.2, 0) is 16.1 Å². The minimum atomic E-state index is -0.947. The van der Waals surface area contributed by atoms with E-state index >= 15 is 0 Å². The molecule has 0 spiro atoms. The molecule has 1 N–H and O–H groups in total. The molecule has 150 valence electrons. The highest BCUT2D eigenvalue weighted by atomic mass is 19.1. The van der Waals surface area contributed by atoms with Crippen molar-refractivity contribution in [2.45, 2.75) is 12.6 Å². The van der Waals surface area contributed by atoms with Gasteiger partial charge < -0.3 is 10.0 Å². The zero-order chi connectivity index (χ0) is 21.3. The molecule has 1 aromatic heterocycles. The maximum Gasteiger partial charge on any atom is 0.296 e. The predicted molar refractivity (Wildman–Crippen MR) is 105 cm³/mol. The molecule has 2 heterocycles. The lowest BCUT2D eigenvalue weighted by molar-refractivity contribution is -0.140. The van der Waals surface area contributed by atoms with Crippen molar-refractivity contribution < 1.29 is 23.5 Å². The van der Waals surface area contributed by atoms with E-state index in [-0.39, 0.29) is 17.7 Å². The topological polar surface area (TPSA) is 70.5 Å². The molecule has 30 heavy (non-hydrogen) atoms. The molecule has 2 aromatic carbocycles. The largest absolute Gasteiger partial charge is 0.507 e. The highest BCUT2D eigenvalue weighted by Gasteiger charge is 2.46. The SMILES string of the molecule is O=C1C(=O)N(Cc2ccccn2)C(c2ccc(F)cc2)/C1=C(\O)c1ccc(F)cc1. The van der Waals surface area contributed by atoms with Gasteiger partial charge in [-0.25, -0.2) is 8.78 Å². The van der Waals surface area contributed by atoms with Gasteiger partial charge in [0.1, 0.15) is 17.4 Å². The number of Topliss-reactive ketones (excluding diaryl/α,β-unsaturated/α-hetero) is 1. The molecule has 1 saturated heterocycles. The smallest absolute Gasteiger partial charge is 0.296 e. The molecular weight excluding hydrogens is 390 g/mol. The van der Waals surface area contributed by atoms with Gasteiger partial charge in [-0.2, -0.15) is 0 Å². The Kier molecular flexibility index (Phi) is 5.10. The summed E-state index contributed by atoms with van der Waals surface area (Å²) in [7, 11) is 0. The summed E-state index contributed by atoms with van der Waals surface area (Å²) in [6, 6.07) is 14.5. The van der Waals surface area contributed by atoms with Crippen molar-refractivity contribution >= 4 is 17.4 Å². The van der Waals surface area contributed by atoms with Crippen LogP contribution in [0.2, 0.25) is 0 Å². The van der Waals surface area contributed by atoms with Crippen LogP contribution in [0, 0.1) is 11.6 Å². The van der Waals surface area contributed by atoms with Gasteiger partial charge in [-0.05, 0) is 54.1 Å². The minimum Gasteiger partial charge on any atom is -0.507 e. The fourth-order valence-corrected chi connectivity index (χ4v) is 3.46. The summed E-state index contributed by atoms with van der Waals surface area (Å²) in [5.41, 5.74) is 1.05. The third kappa shape index (κ3) is 3.57. The Morgan fingerprint density at radius 1 is 0.933 bits per heavy atom. The highest BCUT2D eigenvalue weighted by molar-refractivity contribution is 6.46. The fourth-order valence-electron chi connectivity index (χ4n) is 3.46. The Hall–Kier alpha value is -3.87. The van der Waals surface area contributed by atoms with Gasteiger partial charge in [0.2, 0.25) is 0 Å². The van der Waals surface area contributed by atoms with Crippen LogP contribution in [0.25, 0.3) is 5.76 Å². The second-order valence-corrected chi connectivity index (χ2v) is 6.81. The van der Waals surface area contributed by atoms with Crippen LogP contribution in [0.15, 0.2) is 78.5 Å². The molecule has 1 amide bonds. The molecule has 0 saturated carbocycles. The first-order valence-electron chi connectivity index (χ1n) is 9.15. The Bertz CT molecular complexity index is 1130. The lowest BCUT2D eigenvalue weighted by Crippen LogP contribution is -2.29. The zero-order valence-corrected chi connectivity index (χ0v) is 15.6. The van der Waals surface area contributed by atoms with E-state index in [9.17, 15) is 23.5 Å². The van der Waals surface area contributed by atoms with E-state index in [0.29, 0.717) is 11.3 Å². The lowest BCUT2D eigenvalue weighted by Gasteiger charge is -2.25. The van der Waals surface area contributed by atoms with Gasteiger partial charge in [0, 0.05) is 11.8 Å². The maximum absolute atomic E-state index is 13.5. The summed E-state index contributed by atoms with van der Waals surface area (Å²) in [4.78, 5) is 31.2. The van der Waals surface area contributed by atoms with Crippen molar-refractivity contribution in [2.75, 3.05) is 0 Å². The van der Waals surface area contributed by atoms with Crippen molar-refractivity contribution in [1.29, 1.82) is 0 Å². The molecule has 0 bridgehead atoms. The number of hydrogen-bond acceptors (Lipinski definition) is 4. The Morgan fingerprint density at radius 2 is 1.57 bits per heavy atom. The predicted octanol–water partition coefficient (Wildman–Crippen LogP) is 3.98. The quantitative estimate of drug-likeness (QED) is 0.404. The van der Waals surface area contributed by atoms with E-state index in [0.717, 1.165) is 12.1 Å². The van der Waals surface area contributed by atoms with Gasteiger partial charge in [0.15, 0.2) is 0 Å². The Morgan fingerprint density at radius 3 is 2.17 bits per heavy atom. The average molecular weight is 406 g/mol. The number of hydrogen-bond donors (Lipinski definition) is 1. The minimum absolute atomic E-state index is 0.0215. The van der Waals surface area contributed by atoms with E-state index in [4.69, 9.17) is 0 Å². The number of benzene rings is 2. The Labute approximate surface area is 170 Å². The summed E-state index contributed by atoms with van der Waals surface area (Å²) in [6.07, 6.45) is 1.57. The average Bonchev–Trinajstić information content (AvgIpc) is 3.00. The monoisotopic (exact) mass is 406 g/mol. The maximum atomic E-state index is 13.5. The van der Waals surface area contributed by atoms with E-state index < -0.39 is 35.1 Å². The molecule has 1 fully saturated rings. The van der Waals surface area contributed by atoms with Crippen LogP contribution in [-0.4, -0.2) is 26.7 Å². The molecule has 3 aromatic rings. The molecule has 7 heteroatoms. The van der Waals surface area contributed by atoms with Crippen LogP contribution in [0.5, 0.6) is 0 Å². The van der Waals surface area contributed by atoms with Crippen molar-refractivity contribution in [3.8, 4) is 0 Å². The summed E-state index contributed by atoms with van der Waals surface area (Å²) >= 11 is 0. The first-order chi connectivity index (χ1) is 14.5. The molecule has 1 aliphatic heterocycles. The number of aliphatic hydroxyl groups excluding tert-OH is 1. The molecule has 4 rings (SSSR count). The molecular formula is C23H16F2N2O3. The fraction of sp³-hybridized carbons (Fsp3) is 0.0870. The van der Waals surface area contributed by atoms with Gasteiger partial charge >= 0.3 is 0 Å². The number of pyridine rings is 1. The van der Waals surface area contributed by atoms with Crippen molar-refractivity contribution in [1.82, 2.24) is 9.88 Å². The number of likely N-dealkylation sites (tertiary alicyclic amines) is 1. The van der Waals surface area contributed by atoms with Crippen molar-refractivity contribution in [3.05, 3.63) is 107 Å². The molecule has 0 aliphatic carbocycles. The molecule has 1 atom stereocenters. The molecule has 1 aliphatic rings. The number of aliphatic hydroxyl groups is 1. The second kappa shape index (κ2) is 7.87. The Balaban J connectivity index is 1.85. The first kappa shape index (κ1) is 19.4. The molecule has 1 unspecified atom stereocenters. The van der Waals surface area contributed by atoms with Gasteiger partial charge in [-0.1, -0.05) is 18.2 Å². The number of rotatable bonds is 4. The number of carbonyl (C=O) groups is 2. The normalized spacial score (nSPS) is 18.1. The van der Waals surface area contributed by atoms with E-state index in [1.165, 1.54) is 41.3 Å². The molecule has 5 nitrogen and oxygen atoms in total. The van der Waals surface area contributed by atoms with E-state index in [2.05, 4.69) is 4.98 Å². The standard InChI is InChI=1S/C23H16F2N2O3/c24-16-8-4-14(5-9-16)20-19(21(28)15-6-10-17(25)11-7-15)22(29)23(30)27(20)13-18-3-1-2-12-26-18/h1-12,20,28H,13H2/b21-19+. The molecule has 0 radical (unpaired) electrons. The van der Waals surface area contributed by atoms with Gasteiger partial charge in [0.25, 0.3) is 11.7 Å². The summed E-state index contributed by atoms with van der Waals surface area (Å²) in [5.74, 6) is -3.08. The van der Waals surface area contributed by atoms with Crippen LogP contribution < -0.4 is 0 Å². The van der Waals surface area contributed by atoms with Gasteiger partial charge in [-0.15, -0.1) is 0 Å². The number of nitrogens with zero attached hydrogens (tertiary/aromatic N) is 2. The van der Waals surface area contributed by atoms with Crippen LogP contribution in [0.3, 0.4) is 0 Å². The van der Waals surface area contributed by atoms with E-state index in [1.54, 1.807) is 24.4 Å². The number of aromatic nitrogens is 1.